The molecule has 0 bridgehead atoms. The Morgan fingerprint density at radius 1 is 1.30 bits per heavy atom. The first kappa shape index (κ1) is 22.8. The highest BCUT2D eigenvalue weighted by Gasteiger charge is 2.34. The van der Waals surface area contributed by atoms with Crippen LogP contribution in [-0.4, -0.2) is 42.2 Å². The van der Waals surface area contributed by atoms with Gasteiger partial charge in [-0.15, -0.1) is 23.7 Å². The minimum Gasteiger partial charge on any atom is -0.311 e. The fourth-order valence-corrected chi connectivity index (χ4v) is 5.33. The highest BCUT2D eigenvalue weighted by Crippen LogP contribution is 2.34. The van der Waals surface area contributed by atoms with E-state index in [4.69, 9.17) is 11.6 Å². The Bertz CT molecular complexity index is 713. The molecule has 1 unspecified atom stereocenters. The van der Waals surface area contributed by atoms with Crippen molar-refractivity contribution in [3.05, 3.63) is 40.4 Å². The number of aromatic nitrogens is 1. The molecular formula is C17H20Cl2F3N3S2. The number of nitrogens with zero attached hydrogens (tertiary/aromatic N) is 2. The van der Waals surface area contributed by atoms with E-state index in [1.165, 1.54) is 4.90 Å². The van der Waals surface area contributed by atoms with Crippen molar-refractivity contribution in [3.8, 4) is 0 Å². The van der Waals surface area contributed by atoms with Crippen LogP contribution in [-0.2, 0) is 6.54 Å². The van der Waals surface area contributed by atoms with Crippen molar-refractivity contribution >= 4 is 47.1 Å². The third kappa shape index (κ3) is 7.44. The van der Waals surface area contributed by atoms with Crippen molar-refractivity contribution in [2.24, 2.45) is 5.92 Å². The van der Waals surface area contributed by atoms with Crippen molar-refractivity contribution in [2.45, 2.75) is 28.4 Å². The highest BCUT2D eigenvalue weighted by molar-refractivity contribution is 8.01. The van der Waals surface area contributed by atoms with Crippen LogP contribution in [0.25, 0.3) is 0 Å². The van der Waals surface area contributed by atoms with Crippen LogP contribution in [0.2, 0.25) is 5.15 Å². The molecule has 10 heteroatoms. The molecule has 1 aromatic heterocycles. The zero-order chi connectivity index (χ0) is 18.6. The molecule has 3 rings (SSSR count). The van der Waals surface area contributed by atoms with E-state index in [9.17, 15) is 13.2 Å². The summed E-state index contributed by atoms with van der Waals surface area (Å²) < 4.78 is 38.2. The van der Waals surface area contributed by atoms with Gasteiger partial charge in [-0.1, -0.05) is 41.6 Å². The van der Waals surface area contributed by atoms with Crippen LogP contribution >= 0.6 is 47.1 Å². The van der Waals surface area contributed by atoms with Gasteiger partial charge in [-0.05, 0) is 37.6 Å². The summed E-state index contributed by atoms with van der Waals surface area (Å²) in [6.45, 7) is 1.44. The Labute approximate surface area is 176 Å². The Morgan fingerprint density at radius 2 is 2.04 bits per heavy atom. The van der Waals surface area contributed by atoms with Crippen LogP contribution in [0.4, 0.5) is 13.2 Å². The molecule has 1 atom stereocenters. The number of nitrogens with one attached hydrogen (secondary N) is 1. The largest absolute Gasteiger partial charge is 0.401 e. The van der Waals surface area contributed by atoms with E-state index in [1.54, 1.807) is 23.1 Å². The average Bonchev–Trinajstić information content (AvgIpc) is 3.14. The highest BCUT2D eigenvalue weighted by atomic mass is 35.5. The van der Waals surface area contributed by atoms with Crippen LogP contribution < -0.4 is 5.32 Å². The summed E-state index contributed by atoms with van der Waals surface area (Å²) in [6, 6.07) is 9.95. The van der Waals surface area contributed by atoms with Gasteiger partial charge in [0.2, 0.25) is 0 Å². The first-order valence-electron chi connectivity index (χ1n) is 8.27. The third-order valence-electron chi connectivity index (χ3n) is 4.07. The second kappa shape index (κ2) is 10.3. The van der Waals surface area contributed by atoms with Gasteiger partial charge in [0.25, 0.3) is 0 Å². The monoisotopic (exact) mass is 457 g/mol. The predicted octanol–water partition coefficient (Wildman–Crippen LogP) is 5.34. The number of thiazole rings is 1. The molecule has 0 spiro atoms. The molecule has 1 fully saturated rings. The van der Waals surface area contributed by atoms with Crippen molar-refractivity contribution in [3.63, 3.8) is 0 Å². The van der Waals surface area contributed by atoms with Crippen molar-refractivity contribution in [1.29, 1.82) is 0 Å². The Morgan fingerprint density at radius 3 is 2.74 bits per heavy atom. The van der Waals surface area contributed by atoms with Crippen molar-refractivity contribution in [1.82, 2.24) is 15.2 Å². The molecule has 1 aliphatic rings. The van der Waals surface area contributed by atoms with Gasteiger partial charge in [-0.2, -0.15) is 13.2 Å². The molecule has 0 radical (unpaired) electrons. The molecule has 1 saturated heterocycles. The van der Waals surface area contributed by atoms with Crippen LogP contribution in [0.3, 0.4) is 0 Å². The molecular weight excluding hydrogens is 438 g/mol. The molecule has 0 aliphatic carbocycles. The topological polar surface area (TPSA) is 28.2 Å². The lowest BCUT2D eigenvalue weighted by Gasteiger charge is -2.17. The summed E-state index contributed by atoms with van der Waals surface area (Å²) >= 11 is 9.33. The quantitative estimate of drug-likeness (QED) is 0.606. The lowest BCUT2D eigenvalue weighted by Crippen LogP contribution is -2.33. The second-order valence-corrected chi connectivity index (χ2v) is 9.01. The molecule has 0 saturated carbocycles. The first-order chi connectivity index (χ1) is 12.4. The van der Waals surface area contributed by atoms with Crippen LogP contribution in [0, 0.1) is 5.92 Å². The van der Waals surface area contributed by atoms with Gasteiger partial charge in [0.1, 0.15) is 5.15 Å². The summed E-state index contributed by atoms with van der Waals surface area (Å²) in [6.07, 6.45) is -3.33. The minimum absolute atomic E-state index is 0. The van der Waals surface area contributed by atoms with E-state index in [1.807, 2.05) is 30.3 Å². The molecule has 2 heterocycles. The van der Waals surface area contributed by atoms with Crippen LogP contribution in [0.1, 0.15) is 11.3 Å². The van der Waals surface area contributed by atoms with Gasteiger partial charge in [0, 0.05) is 18.0 Å². The molecule has 1 aromatic carbocycles. The smallest absolute Gasteiger partial charge is 0.311 e. The first-order valence-corrected chi connectivity index (χ1v) is 10.3. The SMILES string of the molecule is Cl.FC(F)(F)CN1CCC(CNCc2sc(Sc3ccccc3)nc2Cl)C1. The zero-order valence-electron chi connectivity index (χ0n) is 14.3. The number of alkyl halides is 3. The van der Waals surface area contributed by atoms with E-state index in [2.05, 4.69) is 10.3 Å². The third-order valence-corrected chi connectivity index (χ3v) is 6.62. The van der Waals surface area contributed by atoms with Crippen LogP contribution in [0.5, 0.6) is 0 Å². The van der Waals surface area contributed by atoms with Gasteiger partial charge in [-0.25, -0.2) is 4.98 Å². The van der Waals surface area contributed by atoms with Gasteiger partial charge < -0.3 is 5.32 Å². The molecule has 1 N–H and O–H groups in total. The fraction of sp³-hybridized carbons (Fsp3) is 0.471. The molecule has 3 nitrogen and oxygen atoms in total. The van der Waals surface area contributed by atoms with Gasteiger partial charge in [-0.3, -0.25) is 4.90 Å². The summed E-state index contributed by atoms with van der Waals surface area (Å²) in [5, 5.41) is 3.81. The average molecular weight is 458 g/mol. The predicted molar refractivity (Wildman–Crippen MR) is 107 cm³/mol. The van der Waals surface area contributed by atoms with Crippen molar-refractivity contribution < 1.29 is 13.2 Å². The minimum atomic E-state index is -4.12. The van der Waals surface area contributed by atoms with Gasteiger partial charge in [0.05, 0.1) is 11.4 Å². The summed E-state index contributed by atoms with van der Waals surface area (Å²) in [4.78, 5) is 7.91. The maximum Gasteiger partial charge on any atom is 0.401 e. The van der Waals surface area contributed by atoms with E-state index in [0.29, 0.717) is 31.3 Å². The molecule has 2 aromatic rings. The number of benzene rings is 1. The Kier molecular flexibility index (Phi) is 8.70. The molecule has 150 valence electrons. The standard InChI is InChI=1S/C17H19ClF3N3S2.ClH/c18-15-14(26-16(23-15)25-13-4-2-1-3-5-13)9-22-8-12-6-7-24(10-12)11-17(19,20)21;/h1-5,12,22H,6-11H2;1H. The lowest BCUT2D eigenvalue weighted by atomic mass is 10.1. The molecule has 27 heavy (non-hydrogen) atoms. The maximum absolute atomic E-state index is 12.4. The number of rotatable bonds is 7. The van der Waals surface area contributed by atoms with Crippen LogP contribution in [0.15, 0.2) is 39.6 Å². The fourth-order valence-electron chi connectivity index (χ4n) is 2.92. The van der Waals surface area contributed by atoms with E-state index in [0.717, 1.165) is 20.5 Å². The van der Waals surface area contributed by atoms with E-state index >= 15 is 0 Å². The summed E-state index contributed by atoms with van der Waals surface area (Å²) in [5.74, 6) is 0.238. The number of hydrogen-bond donors (Lipinski definition) is 1. The number of likely N-dealkylation sites (tertiary alicyclic amines) is 1. The second-order valence-electron chi connectivity index (χ2n) is 6.24. The van der Waals surface area contributed by atoms with Gasteiger partial charge in [0.15, 0.2) is 4.34 Å². The van der Waals surface area contributed by atoms with E-state index in [-0.39, 0.29) is 18.3 Å². The number of halogens is 5. The van der Waals surface area contributed by atoms with Crippen molar-refractivity contribution in [2.75, 3.05) is 26.2 Å². The number of hydrogen-bond acceptors (Lipinski definition) is 5. The molecule has 1 aliphatic heterocycles. The zero-order valence-corrected chi connectivity index (χ0v) is 17.5. The normalized spacial score (nSPS) is 17.9. The summed E-state index contributed by atoms with van der Waals surface area (Å²) in [7, 11) is 0. The Balaban J connectivity index is 0.00000261. The lowest BCUT2D eigenvalue weighted by molar-refractivity contribution is -0.143. The summed E-state index contributed by atoms with van der Waals surface area (Å²) in [5.41, 5.74) is 0. The van der Waals surface area contributed by atoms with E-state index < -0.39 is 12.7 Å². The molecule has 0 amide bonds. The Hall–Kier alpha value is -0.510. The van der Waals surface area contributed by atoms with Gasteiger partial charge >= 0.3 is 6.18 Å². The maximum atomic E-state index is 12.4.